The van der Waals surface area contributed by atoms with Gasteiger partial charge in [-0.3, -0.25) is 0 Å². The van der Waals surface area contributed by atoms with Gasteiger partial charge in [-0.05, 0) is 25.0 Å². The summed E-state index contributed by atoms with van der Waals surface area (Å²) in [5.41, 5.74) is 0. The summed E-state index contributed by atoms with van der Waals surface area (Å²) >= 11 is 0. The molecule has 1 aromatic rings. The smallest absolute Gasteiger partial charge is 0.123 e. The van der Waals surface area contributed by atoms with Crippen LogP contribution in [0.2, 0.25) is 0 Å². The van der Waals surface area contributed by atoms with Crippen LogP contribution in [0, 0.1) is 0 Å². The Bertz CT molecular complexity index is 311. The molecule has 0 fully saturated rings. The zero-order valence-electron chi connectivity index (χ0n) is 11.0. The van der Waals surface area contributed by atoms with Crippen molar-refractivity contribution in [2.45, 2.75) is 32.7 Å². The van der Waals surface area contributed by atoms with Gasteiger partial charge in [-0.15, -0.1) is 0 Å². The van der Waals surface area contributed by atoms with E-state index in [2.05, 4.69) is 19.2 Å². The van der Waals surface area contributed by atoms with Gasteiger partial charge < -0.3 is 14.8 Å². The van der Waals surface area contributed by atoms with Gasteiger partial charge >= 0.3 is 0 Å². The van der Waals surface area contributed by atoms with E-state index in [1.807, 2.05) is 24.3 Å². The van der Waals surface area contributed by atoms with E-state index in [-0.39, 0.29) is 0 Å². The predicted octanol–water partition coefficient (Wildman–Crippen LogP) is 2.85. The Labute approximate surface area is 104 Å². The van der Waals surface area contributed by atoms with Gasteiger partial charge in [0.25, 0.3) is 0 Å². The molecule has 17 heavy (non-hydrogen) atoms. The number of benzene rings is 1. The van der Waals surface area contributed by atoms with Gasteiger partial charge in [-0.2, -0.15) is 0 Å². The van der Waals surface area contributed by atoms with E-state index in [9.17, 15) is 0 Å². The van der Waals surface area contributed by atoms with Gasteiger partial charge in [0.05, 0.1) is 7.11 Å². The van der Waals surface area contributed by atoms with Gasteiger partial charge in [-0.1, -0.05) is 19.9 Å². The number of ether oxygens (including phenoxy) is 2. The first kappa shape index (κ1) is 13.8. The summed E-state index contributed by atoms with van der Waals surface area (Å²) < 4.78 is 10.8. The van der Waals surface area contributed by atoms with Crippen molar-refractivity contribution in [2.24, 2.45) is 0 Å². The zero-order valence-corrected chi connectivity index (χ0v) is 11.0. The quantitative estimate of drug-likeness (QED) is 0.705. The third-order valence-electron chi connectivity index (χ3n) is 2.83. The lowest BCUT2D eigenvalue weighted by molar-refractivity contribution is 0.300. The highest BCUT2D eigenvalue weighted by Gasteiger charge is 2.01. The van der Waals surface area contributed by atoms with Crippen LogP contribution in [0.5, 0.6) is 11.5 Å². The van der Waals surface area contributed by atoms with E-state index in [4.69, 9.17) is 9.47 Å². The zero-order chi connectivity index (χ0) is 12.5. The molecule has 0 atom stereocenters. The first-order chi connectivity index (χ1) is 8.30. The van der Waals surface area contributed by atoms with Gasteiger partial charge in [0.1, 0.15) is 18.1 Å². The van der Waals surface area contributed by atoms with Crippen molar-refractivity contribution in [1.29, 1.82) is 0 Å². The Morgan fingerprint density at radius 2 is 1.88 bits per heavy atom. The second-order valence-electron chi connectivity index (χ2n) is 3.99. The molecule has 0 heterocycles. The summed E-state index contributed by atoms with van der Waals surface area (Å²) in [6.07, 6.45) is 2.32. The molecule has 0 aliphatic carbocycles. The van der Waals surface area contributed by atoms with Gasteiger partial charge in [0, 0.05) is 18.7 Å². The number of hydrogen-bond acceptors (Lipinski definition) is 3. The topological polar surface area (TPSA) is 30.5 Å². The molecule has 96 valence electrons. The molecular formula is C14H23NO2. The average molecular weight is 237 g/mol. The molecule has 0 aliphatic rings. The molecule has 0 aliphatic heterocycles. The Kier molecular flexibility index (Phi) is 6.48. The van der Waals surface area contributed by atoms with E-state index in [1.54, 1.807) is 7.11 Å². The SMILES string of the molecule is CCC(CC)NCCOc1cccc(OC)c1. The van der Waals surface area contributed by atoms with Crippen LogP contribution in [0.3, 0.4) is 0 Å². The monoisotopic (exact) mass is 237 g/mol. The Morgan fingerprint density at radius 1 is 1.18 bits per heavy atom. The molecule has 0 amide bonds. The Morgan fingerprint density at radius 3 is 2.53 bits per heavy atom. The van der Waals surface area contributed by atoms with Crippen LogP contribution in [0.15, 0.2) is 24.3 Å². The highest BCUT2D eigenvalue weighted by Crippen LogP contribution is 2.18. The lowest BCUT2D eigenvalue weighted by atomic mass is 10.2. The highest BCUT2D eigenvalue weighted by molar-refractivity contribution is 5.32. The largest absolute Gasteiger partial charge is 0.497 e. The molecule has 1 rings (SSSR count). The van der Waals surface area contributed by atoms with Crippen molar-refractivity contribution in [3.8, 4) is 11.5 Å². The number of rotatable bonds is 8. The van der Waals surface area contributed by atoms with Crippen molar-refractivity contribution in [1.82, 2.24) is 5.32 Å². The van der Waals surface area contributed by atoms with E-state index >= 15 is 0 Å². The van der Waals surface area contributed by atoms with Crippen molar-refractivity contribution < 1.29 is 9.47 Å². The average Bonchev–Trinajstić information content (AvgIpc) is 2.39. The van der Waals surface area contributed by atoms with Crippen LogP contribution in [0.4, 0.5) is 0 Å². The molecule has 0 unspecified atom stereocenters. The van der Waals surface area contributed by atoms with Crippen LogP contribution in [-0.2, 0) is 0 Å². The van der Waals surface area contributed by atoms with Crippen molar-refractivity contribution in [3.63, 3.8) is 0 Å². The highest BCUT2D eigenvalue weighted by atomic mass is 16.5. The third-order valence-corrected chi connectivity index (χ3v) is 2.83. The second kappa shape index (κ2) is 7.96. The van der Waals surface area contributed by atoms with Crippen LogP contribution in [0.25, 0.3) is 0 Å². The molecule has 0 spiro atoms. The standard InChI is InChI=1S/C14H23NO2/c1-4-12(5-2)15-9-10-17-14-8-6-7-13(11-14)16-3/h6-8,11-12,15H,4-5,9-10H2,1-3H3. The van der Waals surface area contributed by atoms with E-state index in [0.29, 0.717) is 12.6 Å². The molecule has 0 saturated carbocycles. The molecule has 0 aromatic heterocycles. The number of hydrogen-bond donors (Lipinski definition) is 1. The minimum atomic E-state index is 0.601. The number of methoxy groups -OCH3 is 1. The lowest BCUT2D eigenvalue weighted by Crippen LogP contribution is -2.31. The summed E-state index contributed by atoms with van der Waals surface area (Å²) in [6.45, 7) is 5.96. The Hall–Kier alpha value is -1.22. The molecule has 3 nitrogen and oxygen atoms in total. The summed E-state index contributed by atoms with van der Waals surface area (Å²) in [5.74, 6) is 1.69. The molecular weight excluding hydrogens is 214 g/mol. The summed E-state index contributed by atoms with van der Waals surface area (Å²) in [5, 5.41) is 3.46. The molecule has 3 heteroatoms. The molecule has 1 N–H and O–H groups in total. The van der Waals surface area contributed by atoms with Gasteiger partial charge in [0.2, 0.25) is 0 Å². The summed E-state index contributed by atoms with van der Waals surface area (Å²) in [6, 6.07) is 8.29. The van der Waals surface area contributed by atoms with Crippen molar-refractivity contribution >= 4 is 0 Å². The lowest BCUT2D eigenvalue weighted by Gasteiger charge is -2.15. The fraction of sp³-hybridized carbons (Fsp3) is 0.571. The molecule has 1 aromatic carbocycles. The molecule has 0 saturated heterocycles. The molecule has 0 radical (unpaired) electrons. The predicted molar refractivity (Wildman–Crippen MR) is 70.9 cm³/mol. The minimum Gasteiger partial charge on any atom is -0.497 e. The fourth-order valence-electron chi connectivity index (χ4n) is 1.70. The Balaban J connectivity index is 2.26. The third kappa shape index (κ3) is 5.09. The minimum absolute atomic E-state index is 0.601. The summed E-state index contributed by atoms with van der Waals surface area (Å²) in [7, 11) is 1.66. The fourth-order valence-corrected chi connectivity index (χ4v) is 1.70. The normalized spacial score (nSPS) is 10.6. The first-order valence-corrected chi connectivity index (χ1v) is 6.30. The van der Waals surface area contributed by atoms with Crippen LogP contribution in [0.1, 0.15) is 26.7 Å². The van der Waals surface area contributed by atoms with Crippen molar-refractivity contribution in [2.75, 3.05) is 20.3 Å². The first-order valence-electron chi connectivity index (χ1n) is 6.30. The maximum absolute atomic E-state index is 5.65. The van der Waals surface area contributed by atoms with E-state index in [0.717, 1.165) is 30.9 Å². The van der Waals surface area contributed by atoms with E-state index in [1.165, 1.54) is 0 Å². The van der Waals surface area contributed by atoms with Gasteiger partial charge in [0.15, 0.2) is 0 Å². The maximum atomic E-state index is 5.65. The maximum Gasteiger partial charge on any atom is 0.123 e. The number of nitrogens with one attached hydrogen (secondary N) is 1. The van der Waals surface area contributed by atoms with Crippen molar-refractivity contribution in [3.05, 3.63) is 24.3 Å². The van der Waals surface area contributed by atoms with E-state index < -0.39 is 0 Å². The van der Waals surface area contributed by atoms with Gasteiger partial charge in [-0.25, -0.2) is 0 Å². The van der Waals surface area contributed by atoms with Crippen LogP contribution < -0.4 is 14.8 Å². The second-order valence-corrected chi connectivity index (χ2v) is 3.99. The van der Waals surface area contributed by atoms with Crippen LogP contribution >= 0.6 is 0 Å². The summed E-state index contributed by atoms with van der Waals surface area (Å²) in [4.78, 5) is 0. The van der Waals surface area contributed by atoms with Crippen LogP contribution in [-0.4, -0.2) is 26.3 Å². The molecule has 0 bridgehead atoms.